The minimum atomic E-state index is -0.422. The third-order valence-electron chi connectivity index (χ3n) is 3.76. The van der Waals surface area contributed by atoms with Crippen molar-refractivity contribution in [3.8, 4) is 17.3 Å². The van der Waals surface area contributed by atoms with Gasteiger partial charge in [-0.1, -0.05) is 0 Å². The molecule has 0 unspecified atom stereocenters. The molecule has 0 atom stereocenters. The molecule has 0 bridgehead atoms. The largest absolute Gasteiger partial charge is 0.269 e. The van der Waals surface area contributed by atoms with Gasteiger partial charge in [0, 0.05) is 23.1 Å². The monoisotopic (exact) mass is 311 g/mol. The summed E-state index contributed by atoms with van der Waals surface area (Å²) in [5.41, 5.74) is 3.54. The molecule has 22 heavy (non-hydrogen) atoms. The molecule has 1 aromatic heterocycles. The van der Waals surface area contributed by atoms with Crippen molar-refractivity contribution in [3.63, 3.8) is 0 Å². The van der Waals surface area contributed by atoms with E-state index in [1.165, 1.54) is 29.0 Å². The minimum Gasteiger partial charge on any atom is -0.258 e. The maximum Gasteiger partial charge on any atom is 0.269 e. The van der Waals surface area contributed by atoms with Crippen molar-refractivity contribution in [1.29, 1.82) is 5.26 Å². The molecule has 0 amide bonds. The molecule has 5 nitrogen and oxygen atoms in total. The molecule has 1 aliphatic rings. The van der Waals surface area contributed by atoms with Crippen LogP contribution in [0.2, 0.25) is 0 Å². The Kier molecular flexibility index (Phi) is 3.98. The van der Waals surface area contributed by atoms with E-state index in [1.807, 2.05) is 5.38 Å². The van der Waals surface area contributed by atoms with E-state index < -0.39 is 4.92 Å². The molecule has 6 heteroatoms. The fourth-order valence-electron chi connectivity index (χ4n) is 2.60. The number of allylic oxidation sites excluding steroid dienone is 2. The zero-order valence-corrected chi connectivity index (χ0v) is 12.6. The van der Waals surface area contributed by atoms with E-state index in [2.05, 4.69) is 11.1 Å². The summed E-state index contributed by atoms with van der Waals surface area (Å²) in [5.74, 6) is 0. The Balaban J connectivity index is 1.92. The number of thiazole rings is 1. The second-order valence-electron chi connectivity index (χ2n) is 5.14. The van der Waals surface area contributed by atoms with E-state index in [4.69, 9.17) is 0 Å². The highest BCUT2D eigenvalue weighted by molar-refractivity contribution is 7.11. The van der Waals surface area contributed by atoms with Gasteiger partial charge in [0.1, 0.15) is 11.1 Å². The Bertz CT molecular complexity index is 776. The van der Waals surface area contributed by atoms with Crippen LogP contribution in [0.15, 0.2) is 35.2 Å². The zero-order valence-electron chi connectivity index (χ0n) is 11.8. The van der Waals surface area contributed by atoms with Gasteiger partial charge in [-0.05, 0) is 43.4 Å². The maximum atomic E-state index is 10.7. The normalized spacial score (nSPS) is 13.9. The number of rotatable bonds is 3. The number of hydrogen-bond donors (Lipinski definition) is 0. The van der Waals surface area contributed by atoms with Crippen LogP contribution < -0.4 is 0 Å². The number of nitro groups is 1. The molecule has 0 spiro atoms. The number of aromatic nitrogens is 1. The summed E-state index contributed by atoms with van der Waals surface area (Å²) in [4.78, 5) is 14.8. The van der Waals surface area contributed by atoms with Crippen molar-refractivity contribution in [3.05, 3.63) is 50.3 Å². The summed E-state index contributed by atoms with van der Waals surface area (Å²) < 4.78 is 0. The second-order valence-corrected chi connectivity index (χ2v) is 6.00. The van der Waals surface area contributed by atoms with Gasteiger partial charge in [-0.25, -0.2) is 4.98 Å². The molecule has 2 aromatic rings. The van der Waals surface area contributed by atoms with Gasteiger partial charge >= 0.3 is 0 Å². The lowest BCUT2D eigenvalue weighted by Crippen LogP contribution is -1.88. The van der Waals surface area contributed by atoms with Crippen LogP contribution in [0.1, 0.15) is 30.7 Å². The molecule has 110 valence electrons. The number of nitrogens with zero attached hydrogens (tertiary/aromatic N) is 3. The second kappa shape index (κ2) is 6.08. The molecule has 1 aromatic carbocycles. The van der Waals surface area contributed by atoms with Gasteiger partial charge < -0.3 is 0 Å². The lowest BCUT2D eigenvalue weighted by molar-refractivity contribution is -0.384. The van der Waals surface area contributed by atoms with E-state index >= 15 is 0 Å². The van der Waals surface area contributed by atoms with Crippen LogP contribution in [0.5, 0.6) is 0 Å². The SMILES string of the molecule is N#CC(=C1CCCC1)c1nc(-c2ccc([N+](=O)[O-])cc2)cs1. The lowest BCUT2D eigenvalue weighted by Gasteiger charge is -1.99. The van der Waals surface area contributed by atoms with Gasteiger partial charge in [-0.3, -0.25) is 10.1 Å². The van der Waals surface area contributed by atoms with E-state index in [1.54, 1.807) is 12.1 Å². The Morgan fingerprint density at radius 2 is 1.95 bits per heavy atom. The van der Waals surface area contributed by atoms with Crippen LogP contribution in [0.4, 0.5) is 5.69 Å². The fourth-order valence-corrected chi connectivity index (χ4v) is 3.48. The van der Waals surface area contributed by atoms with Gasteiger partial charge in [0.2, 0.25) is 0 Å². The van der Waals surface area contributed by atoms with Crippen molar-refractivity contribution < 1.29 is 4.92 Å². The van der Waals surface area contributed by atoms with Gasteiger partial charge in [0.05, 0.1) is 16.2 Å². The number of nitriles is 1. The maximum absolute atomic E-state index is 10.7. The molecule has 1 heterocycles. The highest BCUT2D eigenvalue weighted by Crippen LogP contribution is 2.34. The minimum absolute atomic E-state index is 0.0602. The van der Waals surface area contributed by atoms with Crippen molar-refractivity contribution >= 4 is 22.6 Å². The molecule has 0 aliphatic heterocycles. The number of non-ortho nitro benzene ring substituents is 1. The predicted molar refractivity (Wildman–Crippen MR) is 85.2 cm³/mol. The summed E-state index contributed by atoms with van der Waals surface area (Å²) >= 11 is 1.45. The van der Waals surface area contributed by atoms with E-state index in [9.17, 15) is 15.4 Å². The third kappa shape index (κ3) is 2.76. The zero-order chi connectivity index (χ0) is 15.5. The topological polar surface area (TPSA) is 79.8 Å². The molecule has 1 fully saturated rings. The summed E-state index contributed by atoms with van der Waals surface area (Å²) in [6, 6.07) is 8.59. The fraction of sp³-hybridized carbons (Fsp3) is 0.250. The highest BCUT2D eigenvalue weighted by Gasteiger charge is 2.17. The summed E-state index contributed by atoms with van der Waals surface area (Å²) in [6.07, 6.45) is 4.24. The first-order valence-electron chi connectivity index (χ1n) is 7.02. The van der Waals surface area contributed by atoms with Crippen molar-refractivity contribution in [2.75, 3.05) is 0 Å². The Labute approximate surface area is 131 Å². The van der Waals surface area contributed by atoms with Crippen LogP contribution in [0.25, 0.3) is 16.8 Å². The van der Waals surface area contributed by atoms with Gasteiger partial charge in [-0.2, -0.15) is 5.26 Å². The number of hydrogen-bond acceptors (Lipinski definition) is 5. The molecule has 1 saturated carbocycles. The standard InChI is InChI=1S/C16H13N3O2S/c17-9-14(11-3-1-2-4-11)16-18-15(10-22-16)12-5-7-13(8-6-12)19(20)21/h5-8,10H,1-4H2. The average molecular weight is 311 g/mol. The average Bonchev–Trinajstić information content (AvgIpc) is 3.20. The van der Waals surface area contributed by atoms with E-state index in [0.29, 0.717) is 5.57 Å². The highest BCUT2D eigenvalue weighted by atomic mass is 32.1. The Morgan fingerprint density at radius 3 is 2.55 bits per heavy atom. The molecule has 3 rings (SSSR count). The van der Waals surface area contributed by atoms with Crippen LogP contribution in [0.3, 0.4) is 0 Å². The quantitative estimate of drug-likeness (QED) is 0.472. The summed E-state index contributed by atoms with van der Waals surface area (Å²) in [7, 11) is 0. The summed E-state index contributed by atoms with van der Waals surface area (Å²) in [6.45, 7) is 0. The number of benzene rings is 1. The first-order valence-corrected chi connectivity index (χ1v) is 7.90. The Hall–Kier alpha value is -2.52. The first-order chi connectivity index (χ1) is 10.7. The van der Waals surface area contributed by atoms with Crippen LogP contribution in [-0.4, -0.2) is 9.91 Å². The smallest absolute Gasteiger partial charge is 0.258 e. The summed E-state index contributed by atoms with van der Waals surface area (Å²) in [5, 5.41) is 22.7. The van der Waals surface area contributed by atoms with Gasteiger partial charge in [0.25, 0.3) is 5.69 Å². The lowest BCUT2D eigenvalue weighted by atomic mass is 10.1. The molecule has 0 saturated heterocycles. The molecular weight excluding hydrogens is 298 g/mol. The first kappa shape index (κ1) is 14.4. The molecular formula is C16H13N3O2S. The molecule has 0 N–H and O–H groups in total. The van der Waals surface area contributed by atoms with Crippen molar-refractivity contribution in [2.45, 2.75) is 25.7 Å². The van der Waals surface area contributed by atoms with Gasteiger partial charge in [-0.15, -0.1) is 11.3 Å². The predicted octanol–water partition coefficient (Wildman–Crippen LogP) is 4.57. The van der Waals surface area contributed by atoms with E-state index in [0.717, 1.165) is 41.9 Å². The van der Waals surface area contributed by atoms with Gasteiger partial charge in [0.15, 0.2) is 0 Å². The van der Waals surface area contributed by atoms with Crippen molar-refractivity contribution in [1.82, 2.24) is 4.98 Å². The third-order valence-corrected chi connectivity index (χ3v) is 4.62. The Morgan fingerprint density at radius 1 is 1.27 bits per heavy atom. The van der Waals surface area contributed by atoms with Crippen molar-refractivity contribution in [2.24, 2.45) is 0 Å². The van der Waals surface area contributed by atoms with Crippen LogP contribution >= 0.6 is 11.3 Å². The molecule has 1 aliphatic carbocycles. The van der Waals surface area contributed by atoms with Crippen LogP contribution in [-0.2, 0) is 0 Å². The molecule has 0 radical (unpaired) electrons. The van der Waals surface area contributed by atoms with E-state index in [-0.39, 0.29) is 5.69 Å². The number of nitro benzene ring substituents is 1. The van der Waals surface area contributed by atoms with Crippen LogP contribution in [0, 0.1) is 21.4 Å².